The van der Waals surface area contributed by atoms with E-state index >= 15 is 0 Å². The maximum atomic E-state index is 13.8. The number of carboxylic acids is 1. The lowest BCUT2D eigenvalue weighted by molar-refractivity contribution is -0.164. The first-order valence-corrected chi connectivity index (χ1v) is 39.1. The number of anilines is 6. The molecule has 20 heteroatoms. The Hall–Kier alpha value is -9.24. The molecule has 3 atom stereocenters. The van der Waals surface area contributed by atoms with Crippen LogP contribution in [0, 0.1) is 62.3 Å². The molecular formula is C90H116N6O14. The number of aliphatic carboxylic acids is 1. The minimum Gasteiger partial charge on any atom is -0.479 e. The fourth-order valence-electron chi connectivity index (χ4n) is 17.7. The Morgan fingerprint density at radius 2 is 0.682 bits per heavy atom. The molecule has 3 saturated carbocycles. The van der Waals surface area contributed by atoms with Crippen LogP contribution in [0.25, 0.3) is 33.4 Å². The first-order valence-electron chi connectivity index (χ1n) is 39.1. The highest BCUT2D eigenvalue weighted by Crippen LogP contribution is 2.56. The summed E-state index contributed by atoms with van der Waals surface area (Å²) in [6.07, 6.45) is 9.63. The lowest BCUT2D eigenvalue weighted by Gasteiger charge is -2.49. The molecule has 3 fully saturated rings. The molecule has 6 aromatic rings. The highest BCUT2D eigenvalue weighted by atomic mass is 16.6. The van der Waals surface area contributed by atoms with Crippen LogP contribution in [0.2, 0.25) is 0 Å². The average molecular weight is 1510 g/mol. The summed E-state index contributed by atoms with van der Waals surface area (Å²) in [4.78, 5) is 110. The van der Waals surface area contributed by atoms with Gasteiger partial charge in [-0.05, 0) is 230 Å². The third kappa shape index (κ3) is 16.3. The molecule has 0 saturated heterocycles. The highest BCUT2D eigenvalue weighted by Gasteiger charge is 2.55. The molecule has 3 heterocycles. The Bertz CT molecular complexity index is 4570. The van der Waals surface area contributed by atoms with Crippen molar-refractivity contribution in [1.29, 1.82) is 0 Å². The minimum atomic E-state index is -1.27. The molecule has 3 aliphatic carbocycles. The number of carboxylic acid groups (broad SMARTS) is 1. The molecule has 3 aliphatic heterocycles. The number of nitrogens with one attached hydrogen (secondary N) is 4. The molecule has 20 nitrogen and oxygen atoms in total. The van der Waals surface area contributed by atoms with Crippen LogP contribution >= 0.6 is 0 Å². The number of benzene rings is 6. The van der Waals surface area contributed by atoms with Crippen molar-refractivity contribution in [1.82, 2.24) is 0 Å². The zero-order valence-corrected chi connectivity index (χ0v) is 68.9. The fraction of sp³-hybridized carbons (Fsp3) is 0.511. The van der Waals surface area contributed by atoms with E-state index < -0.39 is 69.6 Å². The molecule has 6 aromatic carbocycles. The van der Waals surface area contributed by atoms with Gasteiger partial charge >= 0.3 is 17.9 Å². The number of nitrogens with zero attached hydrogens (tertiary/aromatic N) is 2. The fourth-order valence-corrected chi connectivity index (χ4v) is 17.7. The first kappa shape index (κ1) is 83.2. The van der Waals surface area contributed by atoms with Gasteiger partial charge in [-0.1, -0.05) is 147 Å². The molecule has 3 spiro atoms. The Kier molecular flexibility index (Phi) is 24.4. The standard InChI is InChI=1S/C31H40N2O5.C30H38N2O5.C29H38N2O4/c1-18-12-14-22(15-13-18)23-20(3)26-25(19(2)24(23)27(28(35)37-8)38-30(5,6)7)32-29(36)31(33(26)21(4)34)16-10-9-11-17-31;1-17-11-13-21(14-12-17)22-19(3)25-24(18(2)23(22)26(27(34)35)37-29(5,6)7)31-28(36)30(32(25)20(4)33)15-9-8-10-16-30;1-17-11-13-20(14-12-17)21-18(2)24-23(30-27(33)29(31-24)15-9-8-10-16-29)19(3)22(21)25(26(32)34-7)35-28(4,5)6/h12-15,27H,9-11,16-17H2,1-8H3,(H,32,36);11-14,26H,8-10,15-16H2,1-7H3,(H,31,36)(H,34,35);11-14,25,31H,8-10,15-16H2,1-7H3,(H,30,33)/t27-;26-;25-/m000/s1. The van der Waals surface area contributed by atoms with E-state index in [2.05, 4.69) is 59.4 Å². The number of esters is 2. The van der Waals surface area contributed by atoms with E-state index in [1.807, 2.05) is 159 Å². The van der Waals surface area contributed by atoms with Gasteiger partial charge in [0.25, 0.3) is 11.8 Å². The van der Waals surface area contributed by atoms with Crippen LogP contribution in [0.15, 0.2) is 72.8 Å². The molecule has 0 bridgehead atoms. The van der Waals surface area contributed by atoms with Gasteiger partial charge in [0.15, 0.2) is 18.3 Å². The molecule has 110 heavy (non-hydrogen) atoms. The summed E-state index contributed by atoms with van der Waals surface area (Å²) >= 11 is 0. The van der Waals surface area contributed by atoms with Crippen LogP contribution in [0.3, 0.4) is 0 Å². The molecular weight excluding hydrogens is 1390 g/mol. The van der Waals surface area contributed by atoms with Crippen LogP contribution in [0.4, 0.5) is 34.1 Å². The van der Waals surface area contributed by atoms with Crippen LogP contribution in [0.5, 0.6) is 0 Å². The molecule has 0 aromatic heterocycles. The topological polar surface area (TPSA) is 258 Å². The number of methoxy groups -OCH3 is 2. The number of amides is 5. The van der Waals surface area contributed by atoms with Gasteiger partial charge in [0.1, 0.15) is 16.6 Å². The first-order chi connectivity index (χ1) is 51.6. The maximum absolute atomic E-state index is 13.8. The van der Waals surface area contributed by atoms with Crippen LogP contribution in [0.1, 0.15) is 258 Å². The van der Waals surface area contributed by atoms with Gasteiger partial charge in [-0.3, -0.25) is 33.8 Å². The monoisotopic (exact) mass is 1500 g/mol. The zero-order chi connectivity index (χ0) is 80.8. The SMILES string of the molecule is CC(=O)N1c2c(C)c(-c3ccc(C)cc3)c([C@H](OC(C)(C)C)C(=O)O)c(C)c2NC(=O)C12CCCCC2.COC(=O)[C@@H](OC(C)(C)C)c1c(C)c2c(c(C)c1-c1ccc(C)cc1)N(C(C)=O)C1(CCCCC1)C(=O)N2.COC(=O)[C@@H](OC(C)(C)C)c1c(C)c2c(c(C)c1-c1ccc(C)cc1)NC1(CCCCC1)C(=O)N2. The van der Waals surface area contributed by atoms with Crippen molar-refractivity contribution in [3.63, 3.8) is 0 Å². The van der Waals surface area contributed by atoms with E-state index in [0.29, 0.717) is 70.7 Å². The maximum Gasteiger partial charge on any atom is 0.339 e. The van der Waals surface area contributed by atoms with Crippen molar-refractivity contribution in [2.24, 2.45) is 0 Å². The third-order valence-electron chi connectivity index (χ3n) is 22.7. The van der Waals surface area contributed by atoms with Crippen molar-refractivity contribution in [3.8, 4) is 33.4 Å². The second-order valence-corrected chi connectivity index (χ2v) is 34.2. The molecule has 6 aliphatic rings. The summed E-state index contributed by atoms with van der Waals surface area (Å²) in [6, 6.07) is 24.3. The van der Waals surface area contributed by atoms with Gasteiger partial charge < -0.3 is 50.1 Å². The number of carbonyl (C=O) groups is 8. The lowest BCUT2D eigenvalue weighted by Crippen LogP contribution is -2.62. The quantitative estimate of drug-likeness (QED) is 0.0714. The molecule has 0 unspecified atom stereocenters. The summed E-state index contributed by atoms with van der Waals surface area (Å²) in [6.45, 7) is 37.6. The molecule has 12 rings (SSSR count). The van der Waals surface area contributed by atoms with Crippen LogP contribution in [-0.2, 0) is 62.0 Å². The van der Waals surface area contributed by atoms with E-state index in [9.17, 15) is 43.5 Å². The van der Waals surface area contributed by atoms with Crippen molar-refractivity contribution >= 4 is 81.6 Å². The Labute approximate surface area is 650 Å². The number of hydrogen-bond acceptors (Lipinski definition) is 14. The van der Waals surface area contributed by atoms with E-state index in [1.165, 1.54) is 28.1 Å². The van der Waals surface area contributed by atoms with Crippen molar-refractivity contribution in [3.05, 3.63) is 140 Å². The predicted octanol–water partition coefficient (Wildman–Crippen LogP) is 18.9. The van der Waals surface area contributed by atoms with Gasteiger partial charge in [0.2, 0.25) is 17.7 Å². The number of ether oxygens (including phenoxy) is 5. The number of fused-ring (bicyclic) bond motifs is 3. The van der Waals surface area contributed by atoms with Gasteiger partial charge in [0.05, 0.1) is 65.1 Å². The highest BCUT2D eigenvalue weighted by molar-refractivity contribution is 6.18. The molecule has 5 N–H and O–H groups in total. The summed E-state index contributed by atoms with van der Waals surface area (Å²) in [5.41, 5.74) is 14.7. The number of hydrogen-bond donors (Lipinski definition) is 5. The number of rotatable bonds is 12. The number of carbonyl (C=O) groups excluding carboxylic acids is 7. The van der Waals surface area contributed by atoms with Crippen LogP contribution < -0.4 is 31.1 Å². The van der Waals surface area contributed by atoms with E-state index in [0.717, 1.165) is 160 Å². The predicted molar refractivity (Wildman–Crippen MR) is 434 cm³/mol. The average Bonchev–Trinajstić information content (AvgIpc) is 0.720. The van der Waals surface area contributed by atoms with E-state index in [1.54, 1.807) is 9.80 Å². The van der Waals surface area contributed by atoms with Crippen LogP contribution in [-0.4, -0.2) is 100 Å². The van der Waals surface area contributed by atoms with Gasteiger partial charge in [-0.25, -0.2) is 14.4 Å². The molecule has 0 radical (unpaired) electrons. The Morgan fingerprint density at radius 1 is 0.391 bits per heavy atom. The molecule has 5 amide bonds. The Balaban J connectivity index is 0.000000176. The second kappa shape index (κ2) is 32.2. The third-order valence-corrected chi connectivity index (χ3v) is 22.7. The van der Waals surface area contributed by atoms with Crippen molar-refractivity contribution in [2.45, 2.75) is 287 Å². The van der Waals surface area contributed by atoms with Crippen molar-refractivity contribution in [2.75, 3.05) is 45.3 Å². The molecule has 590 valence electrons. The summed E-state index contributed by atoms with van der Waals surface area (Å²) in [5, 5.41) is 23.5. The van der Waals surface area contributed by atoms with Gasteiger partial charge in [-0.15, -0.1) is 0 Å². The summed E-state index contributed by atoms with van der Waals surface area (Å²) < 4.78 is 29.2. The Morgan fingerprint density at radius 3 is 0.991 bits per heavy atom. The van der Waals surface area contributed by atoms with E-state index in [4.69, 9.17) is 23.7 Å². The summed E-state index contributed by atoms with van der Waals surface area (Å²) in [5.74, 6) is -2.81. The van der Waals surface area contributed by atoms with Crippen molar-refractivity contribution < 1.29 is 67.1 Å². The lowest BCUT2D eigenvalue weighted by atomic mass is 9.75. The van der Waals surface area contributed by atoms with Gasteiger partial charge in [-0.2, -0.15) is 0 Å². The summed E-state index contributed by atoms with van der Waals surface area (Å²) in [7, 11) is 2.73. The normalized spacial score (nSPS) is 17.7. The smallest absolute Gasteiger partial charge is 0.339 e. The van der Waals surface area contributed by atoms with E-state index in [-0.39, 0.29) is 29.5 Å². The zero-order valence-electron chi connectivity index (χ0n) is 68.9. The minimum absolute atomic E-state index is 0.00703. The number of aryl methyl sites for hydroxylation is 3. The van der Waals surface area contributed by atoms with Gasteiger partial charge in [0, 0.05) is 30.5 Å². The largest absolute Gasteiger partial charge is 0.479 e. The second-order valence-electron chi connectivity index (χ2n) is 34.2.